The monoisotopic (exact) mass is 323 g/mol. The molecule has 1 unspecified atom stereocenters. The standard InChI is InChI=1S/C18H26ClNO2/c1-13(21)11-17(2,3)12-20-16(22)18(8-5-9-18)14-6-4-7-15(19)10-14/h4,6-7,10,13,21H,5,8-9,11-12H2,1-3H3,(H,20,22). The highest BCUT2D eigenvalue weighted by Gasteiger charge is 2.45. The molecule has 1 saturated carbocycles. The number of nitrogens with one attached hydrogen (secondary N) is 1. The molecule has 1 atom stereocenters. The van der Waals surface area contributed by atoms with Gasteiger partial charge in [0.25, 0.3) is 0 Å². The van der Waals surface area contributed by atoms with Crippen LogP contribution in [-0.4, -0.2) is 23.7 Å². The van der Waals surface area contributed by atoms with Gasteiger partial charge in [-0.1, -0.05) is 44.0 Å². The number of amides is 1. The van der Waals surface area contributed by atoms with Crippen LogP contribution in [-0.2, 0) is 10.2 Å². The van der Waals surface area contributed by atoms with Crippen LogP contribution < -0.4 is 5.32 Å². The quantitative estimate of drug-likeness (QED) is 0.839. The summed E-state index contributed by atoms with van der Waals surface area (Å²) in [6.45, 7) is 6.47. The highest BCUT2D eigenvalue weighted by atomic mass is 35.5. The van der Waals surface area contributed by atoms with E-state index in [9.17, 15) is 9.90 Å². The topological polar surface area (TPSA) is 49.3 Å². The van der Waals surface area contributed by atoms with Gasteiger partial charge in [-0.05, 0) is 49.3 Å². The molecule has 2 N–H and O–H groups in total. The Bertz CT molecular complexity index is 536. The first kappa shape index (κ1) is 17.3. The minimum Gasteiger partial charge on any atom is -0.393 e. The average Bonchev–Trinajstić information content (AvgIpc) is 2.34. The Kier molecular flexibility index (Phi) is 5.18. The molecule has 22 heavy (non-hydrogen) atoms. The van der Waals surface area contributed by atoms with Crippen LogP contribution in [0.25, 0.3) is 0 Å². The van der Waals surface area contributed by atoms with Crippen LogP contribution in [0.2, 0.25) is 5.02 Å². The number of hydrogen-bond acceptors (Lipinski definition) is 2. The third-order valence-electron chi connectivity index (χ3n) is 4.59. The summed E-state index contributed by atoms with van der Waals surface area (Å²) in [5.74, 6) is 0.0830. The van der Waals surface area contributed by atoms with Crippen molar-refractivity contribution in [3.8, 4) is 0 Å². The van der Waals surface area contributed by atoms with Crippen molar-refractivity contribution < 1.29 is 9.90 Å². The summed E-state index contributed by atoms with van der Waals surface area (Å²) >= 11 is 6.08. The molecule has 0 bridgehead atoms. The summed E-state index contributed by atoms with van der Waals surface area (Å²) in [5.41, 5.74) is 0.464. The zero-order chi connectivity index (χ0) is 16.4. The maximum atomic E-state index is 12.8. The van der Waals surface area contributed by atoms with Gasteiger partial charge in [0.15, 0.2) is 0 Å². The Labute approximate surface area is 138 Å². The molecule has 122 valence electrons. The minimum atomic E-state index is -0.425. The molecule has 0 heterocycles. The zero-order valence-electron chi connectivity index (χ0n) is 13.7. The van der Waals surface area contributed by atoms with E-state index in [2.05, 4.69) is 19.2 Å². The second-order valence-electron chi connectivity index (χ2n) is 7.35. The Morgan fingerprint density at radius 2 is 2.14 bits per heavy atom. The number of carbonyl (C=O) groups excluding carboxylic acids is 1. The van der Waals surface area contributed by atoms with Gasteiger partial charge in [0.1, 0.15) is 0 Å². The molecule has 1 aromatic rings. The van der Waals surface area contributed by atoms with E-state index in [-0.39, 0.29) is 17.4 Å². The molecule has 0 saturated heterocycles. The number of aliphatic hydroxyl groups excluding tert-OH is 1. The van der Waals surface area contributed by atoms with E-state index in [0.29, 0.717) is 18.0 Å². The van der Waals surface area contributed by atoms with Crippen molar-refractivity contribution in [2.75, 3.05) is 6.54 Å². The largest absolute Gasteiger partial charge is 0.393 e. The maximum Gasteiger partial charge on any atom is 0.230 e. The summed E-state index contributed by atoms with van der Waals surface area (Å²) < 4.78 is 0. The van der Waals surface area contributed by atoms with Crippen molar-refractivity contribution in [1.29, 1.82) is 0 Å². The Hall–Kier alpha value is -1.06. The van der Waals surface area contributed by atoms with E-state index in [0.717, 1.165) is 24.8 Å². The molecule has 0 aliphatic heterocycles. The predicted molar refractivity (Wildman–Crippen MR) is 90.1 cm³/mol. The third-order valence-corrected chi connectivity index (χ3v) is 4.83. The molecular formula is C18H26ClNO2. The molecule has 1 fully saturated rings. The van der Waals surface area contributed by atoms with Crippen LogP contribution in [0.4, 0.5) is 0 Å². The van der Waals surface area contributed by atoms with Gasteiger partial charge in [0.2, 0.25) is 5.91 Å². The summed E-state index contributed by atoms with van der Waals surface area (Å²) in [6, 6.07) is 7.64. The number of aliphatic hydroxyl groups is 1. The number of halogens is 1. The normalized spacial score (nSPS) is 18.4. The van der Waals surface area contributed by atoms with Crippen LogP contribution in [0.5, 0.6) is 0 Å². The number of hydrogen-bond donors (Lipinski definition) is 2. The van der Waals surface area contributed by atoms with Gasteiger partial charge in [-0.3, -0.25) is 4.79 Å². The molecule has 4 heteroatoms. The zero-order valence-corrected chi connectivity index (χ0v) is 14.4. The fraction of sp³-hybridized carbons (Fsp3) is 0.611. The van der Waals surface area contributed by atoms with Crippen molar-refractivity contribution >= 4 is 17.5 Å². The highest BCUT2D eigenvalue weighted by molar-refractivity contribution is 6.30. The lowest BCUT2D eigenvalue weighted by atomic mass is 9.63. The summed E-state index contributed by atoms with van der Waals surface area (Å²) in [4.78, 5) is 12.8. The molecular weight excluding hydrogens is 298 g/mol. The van der Waals surface area contributed by atoms with E-state index in [1.807, 2.05) is 24.3 Å². The van der Waals surface area contributed by atoms with Gasteiger partial charge in [-0.15, -0.1) is 0 Å². The molecule has 0 aromatic heterocycles. The molecule has 1 aliphatic rings. The Morgan fingerprint density at radius 3 is 2.64 bits per heavy atom. The minimum absolute atomic E-state index is 0.0830. The molecule has 0 spiro atoms. The fourth-order valence-corrected chi connectivity index (χ4v) is 3.51. The lowest BCUT2D eigenvalue weighted by Crippen LogP contribution is -2.51. The van der Waals surface area contributed by atoms with E-state index in [1.54, 1.807) is 6.92 Å². The van der Waals surface area contributed by atoms with Crippen LogP contribution in [0.1, 0.15) is 52.0 Å². The van der Waals surface area contributed by atoms with Gasteiger partial charge in [0.05, 0.1) is 11.5 Å². The second-order valence-corrected chi connectivity index (χ2v) is 7.78. The SMILES string of the molecule is CC(O)CC(C)(C)CNC(=O)C1(c2cccc(Cl)c2)CCC1. The fourth-order valence-electron chi connectivity index (χ4n) is 3.32. The van der Waals surface area contributed by atoms with Crippen molar-refractivity contribution in [1.82, 2.24) is 5.32 Å². The van der Waals surface area contributed by atoms with Gasteiger partial charge >= 0.3 is 0 Å². The number of carbonyl (C=O) groups is 1. The van der Waals surface area contributed by atoms with Gasteiger partial charge in [-0.25, -0.2) is 0 Å². The van der Waals surface area contributed by atoms with Crippen molar-refractivity contribution in [3.05, 3.63) is 34.9 Å². The van der Waals surface area contributed by atoms with Crippen LogP contribution in [0.3, 0.4) is 0 Å². The van der Waals surface area contributed by atoms with Crippen LogP contribution >= 0.6 is 11.6 Å². The van der Waals surface area contributed by atoms with Gasteiger partial charge in [-0.2, -0.15) is 0 Å². The maximum absolute atomic E-state index is 12.8. The van der Waals surface area contributed by atoms with Crippen molar-refractivity contribution in [2.45, 2.75) is 58.0 Å². The summed E-state index contributed by atoms with van der Waals surface area (Å²) in [6.07, 6.45) is 3.11. The van der Waals surface area contributed by atoms with E-state index in [1.165, 1.54) is 0 Å². The Morgan fingerprint density at radius 1 is 1.45 bits per heavy atom. The third kappa shape index (κ3) is 3.82. The Balaban J connectivity index is 2.07. The van der Waals surface area contributed by atoms with Crippen LogP contribution in [0, 0.1) is 5.41 Å². The summed E-state index contributed by atoms with van der Waals surface area (Å²) in [5, 5.41) is 13.3. The first-order valence-electron chi connectivity index (χ1n) is 7.98. The predicted octanol–water partition coefficient (Wildman–Crippen LogP) is 3.68. The average molecular weight is 324 g/mol. The number of rotatable bonds is 6. The lowest BCUT2D eigenvalue weighted by molar-refractivity contribution is -0.130. The van der Waals surface area contributed by atoms with Crippen molar-refractivity contribution in [2.24, 2.45) is 5.41 Å². The second kappa shape index (κ2) is 6.59. The van der Waals surface area contributed by atoms with E-state index < -0.39 is 5.41 Å². The molecule has 1 aromatic carbocycles. The summed E-state index contributed by atoms with van der Waals surface area (Å²) in [7, 11) is 0. The first-order valence-corrected chi connectivity index (χ1v) is 8.35. The van der Waals surface area contributed by atoms with E-state index in [4.69, 9.17) is 11.6 Å². The smallest absolute Gasteiger partial charge is 0.230 e. The molecule has 3 nitrogen and oxygen atoms in total. The molecule has 0 radical (unpaired) electrons. The first-order chi connectivity index (χ1) is 10.3. The molecule has 2 rings (SSSR count). The van der Waals surface area contributed by atoms with E-state index >= 15 is 0 Å². The van der Waals surface area contributed by atoms with Gasteiger partial charge in [0, 0.05) is 11.6 Å². The van der Waals surface area contributed by atoms with Gasteiger partial charge < -0.3 is 10.4 Å². The van der Waals surface area contributed by atoms with Crippen LogP contribution in [0.15, 0.2) is 24.3 Å². The molecule has 1 amide bonds. The van der Waals surface area contributed by atoms with Crippen molar-refractivity contribution in [3.63, 3.8) is 0 Å². The lowest BCUT2D eigenvalue weighted by Gasteiger charge is -2.41. The molecule has 1 aliphatic carbocycles. The highest BCUT2D eigenvalue weighted by Crippen LogP contribution is 2.44. The number of benzene rings is 1.